The topological polar surface area (TPSA) is 32.7 Å². The first-order valence-electron chi connectivity index (χ1n) is 6.46. The van der Waals surface area contributed by atoms with Gasteiger partial charge in [0.05, 0.1) is 7.11 Å². The third kappa shape index (κ3) is 2.24. The third-order valence-electron chi connectivity index (χ3n) is 3.64. The highest BCUT2D eigenvalue weighted by Gasteiger charge is 2.19. The summed E-state index contributed by atoms with van der Waals surface area (Å²) in [5.74, 6) is 0.979. The molecule has 0 aliphatic carbocycles. The third-order valence-corrected chi connectivity index (χ3v) is 3.64. The molecule has 0 fully saturated rings. The fraction of sp³-hybridized carbons (Fsp3) is 0.250. The Labute approximate surface area is 113 Å². The highest BCUT2D eigenvalue weighted by atomic mass is 16.5. The number of benzene rings is 2. The predicted octanol–water partition coefficient (Wildman–Crippen LogP) is 2.96. The van der Waals surface area contributed by atoms with Crippen LogP contribution in [0.15, 0.2) is 42.5 Å². The van der Waals surface area contributed by atoms with Crippen molar-refractivity contribution in [3.05, 3.63) is 53.6 Å². The van der Waals surface area contributed by atoms with Crippen LogP contribution >= 0.6 is 0 Å². The summed E-state index contributed by atoms with van der Waals surface area (Å²) in [6.45, 7) is 1.73. The van der Waals surface area contributed by atoms with Gasteiger partial charge in [-0.1, -0.05) is 18.2 Å². The van der Waals surface area contributed by atoms with Crippen LogP contribution in [0.4, 0.5) is 5.69 Å². The fourth-order valence-electron chi connectivity index (χ4n) is 2.58. The maximum atomic E-state index is 10.0. The van der Waals surface area contributed by atoms with Gasteiger partial charge in [-0.15, -0.1) is 0 Å². The van der Waals surface area contributed by atoms with E-state index in [9.17, 15) is 5.11 Å². The van der Waals surface area contributed by atoms with Crippen molar-refractivity contribution in [2.45, 2.75) is 13.0 Å². The second-order valence-electron chi connectivity index (χ2n) is 4.79. The second-order valence-corrected chi connectivity index (χ2v) is 4.79. The Balaban J connectivity index is 1.83. The first kappa shape index (κ1) is 11.9. The molecule has 19 heavy (non-hydrogen) atoms. The molecule has 1 aliphatic rings. The Bertz CT molecular complexity index is 595. The lowest BCUT2D eigenvalue weighted by Crippen LogP contribution is -2.19. The number of anilines is 1. The number of phenolic OH excluding ortho intramolecular Hbond substituents is 1. The van der Waals surface area contributed by atoms with Crippen LogP contribution in [0.5, 0.6) is 11.5 Å². The van der Waals surface area contributed by atoms with E-state index in [-0.39, 0.29) is 0 Å². The molecule has 1 aliphatic heterocycles. The Morgan fingerprint density at radius 3 is 2.84 bits per heavy atom. The van der Waals surface area contributed by atoms with Crippen molar-refractivity contribution < 1.29 is 9.84 Å². The van der Waals surface area contributed by atoms with Crippen molar-refractivity contribution in [3.63, 3.8) is 0 Å². The maximum Gasteiger partial charge on any atom is 0.124 e. The number of aromatic hydroxyl groups is 1. The van der Waals surface area contributed by atoms with Gasteiger partial charge in [-0.25, -0.2) is 0 Å². The summed E-state index contributed by atoms with van der Waals surface area (Å²) in [6, 6.07) is 13.9. The lowest BCUT2D eigenvalue weighted by molar-refractivity contribution is 0.406. The summed E-state index contributed by atoms with van der Waals surface area (Å²) in [5.41, 5.74) is 3.59. The molecule has 0 bridgehead atoms. The Kier molecular flexibility index (Phi) is 3.03. The van der Waals surface area contributed by atoms with Crippen molar-refractivity contribution in [3.8, 4) is 11.5 Å². The zero-order valence-corrected chi connectivity index (χ0v) is 11.0. The van der Waals surface area contributed by atoms with E-state index in [1.807, 2.05) is 12.1 Å². The van der Waals surface area contributed by atoms with Crippen molar-refractivity contribution in [2.24, 2.45) is 0 Å². The molecule has 1 N–H and O–H groups in total. The van der Waals surface area contributed by atoms with Crippen LogP contribution in [0.2, 0.25) is 0 Å². The summed E-state index contributed by atoms with van der Waals surface area (Å²) in [4.78, 5) is 2.30. The summed E-state index contributed by atoms with van der Waals surface area (Å²) in [7, 11) is 1.60. The first-order chi connectivity index (χ1) is 9.28. The van der Waals surface area contributed by atoms with Crippen LogP contribution in [0, 0.1) is 0 Å². The van der Waals surface area contributed by atoms with Crippen molar-refractivity contribution >= 4 is 5.69 Å². The summed E-state index contributed by atoms with van der Waals surface area (Å²) in [5, 5.41) is 10.0. The van der Waals surface area contributed by atoms with E-state index in [1.54, 1.807) is 13.2 Å². The summed E-state index contributed by atoms with van der Waals surface area (Å²) < 4.78 is 5.10. The minimum Gasteiger partial charge on any atom is -0.507 e. The molecule has 3 heteroatoms. The molecular weight excluding hydrogens is 238 g/mol. The minimum atomic E-state index is 0.295. The quantitative estimate of drug-likeness (QED) is 0.915. The number of hydrogen-bond donors (Lipinski definition) is 1. The van der Waals surface area contributed by atoms with Gasteiger partial charge in [-0.2, -0.15) is 0 Å². The van der Waals surface area contributed by atoms with Crippen LogP contribution in [0.25, 0.3) is 0 Å². The number of hydrogen-bond acceptors (Lipinski definition) is 3. The van der Waals surface area contributed by atoms with E-state index in [1.165, 1.54) is 11.3 Å². The SMILES string of the molecule is COc1ccc(CN2CCc3ccccc32)c(O)c1. The van der Waals surface area contributed by atoms with Gasteiger partial charge < -0.3 is 14.7 Å². The molecule has 0 atom stereocenters. The molecule has 0 unspecified atom stereocenters. The minimum absolute atomic E-state index is 0.295. The van der Waals surface area contributed by atoms with Crippen LogP contribution in [-0.4, -0.2) is 18.8 Å². The van der Waals surface area contributed by atoms with Crippen LogP contribution in [0.3, 0.4) is 0 Å². The maximum absolute atomic E-state index is 10.0. The average molecular weight is 255 g/mol. The molecule has 2 aromatic carbocycles. The number of rotatable bonds is 3. The summed E-state index contributed by atoms with van der Waals surface area (Å²) >= 11 is 0. The zero-order chi connectivity index (χ0) is 13.2. The van der Waals surface area contributed by atoms with Crippen LogP contribution in [-0.2, 0) is 13.0 Å². The molecule has 0 amide bonds. The van der Waals surface area contributed by atoms with Gasteiger partial charge in [0.1, 0.15) is 11.5 Å². The number of phenols is 1. The van der Waals surface area contributed by atoms with Gasteiger partial charge in [-0.3, -0.25) is 0 Å². The van der Waals surface area contributed by atoms with Gasteiger partial charge in [0, 0.05) is 30.4 Å². The fourth-order valence-corrected chi connectivity index (χ4v) is 2.58. The Hall–Kier alpha value is -2.16. The molecule has 0 aromatic heterocycles. The molecule has 98 valence electrons. The lowest BCUT2D eigenvalue weighted by atomic mass is 10.1. The Morgan fingerprint density at radius 2 is 2.05 bits per heavy atom. The monoisotopic (exact) mass is 255 g/mol. The highest BCUT2D eigenvalue weighted by molar-refractivity contribution is 5.58. The summed E-state index contributed by atoms with van der Waals surface area (Å²) in [6.07, 6.45) is 1.08. The van der Waals surface area contributed by atoms with Crippen LogP contribution < -0.4 is 9.64 Å². The molecule has 0 saturated carbocycles. The molecule has 0 radical (unpaired) electrons. The van der Waals surface area contributed by atoms with Crippen LogP contribution in [0.1, 0.15) is 11.1 Å². The second kappa shape index (κ2) is 4.84. The normalized spacial score (nSPS) is 13.4. The molecule has 1 heterocycles. The number of para-hydroxylation sites is 1. The zero-order valence-electron chi connectivity index (χ0n) is 11.0. The highest BCUT2D eigenvalue weighted by Crippen LogP contribution is 2.31. The first-order valence-corrected chi connectivity index (χ1v) is 6.46. The van der Waals surface area contributed by atoms with Crippen molar-refractivity contribution in [1.82, 2.24) is 0 Å². The van der Waals surface area contributed by atoms with E-state index < -0.39 is 0 Å². The molecule has 0 saturated heterocycles. The number of nitrogens with zero attached hydrogens (tertiary/aromatic N) is 1. The van der Waals surface area contributed by atoms with E-state index in [0.717, 1.165) is 25.1 Å². The number of ether oxygens (including phenoxy) is 1. The van der Waals surface area contributed by atoms with Crippen molar-refractivity contribution in [2.75, 3.05) is 18.6 Å². The van der Waals surface area contributed by atoms with Gasteiger partial charge in [-0.05, 0) is 30.2 Å². The smallest absolute Gasteiger partial charge is 0.124 e. The van der Waals surface area contributed by atoms with E-state index in [2.05, 4.69) is 29.2 Å². The molecular formula is C16H17NO2. The molecule has 3 nitrogen and oxygen atoms in total. The van der Waals surface area contributed by atoms with Gasteiger partial charge in [0.2, 0.25) is 0 Å². The Morgan fingerprint density at radius 1 is 1.21 bits per heavy atom. The molecule has 2 aromatic rings. The van der Waals surface area contributed by atoms with E-state index in [0.29, 0.717) is 11.5 Å². The standard InChI is InChI=1S/C16H17NO2/c1-19-14-7-6-13(16(18)10-14)11-17-9-8-12-4-2-3-5-15(12)17/h2-7,10,18H,8-9,11H2,1H3. The van der Waals surface area contributed by atoms with Crippen molar-refractivity contribution in [1.29, 1.82) is 0 Å². The number of fused-ring (bicyclic) bond motifs is 1. The molecule has 3 rings (SSSR count). The van der Waals surface area contributed by atoms with E-state index in [4.69, 9.17) is 4.74 Å². The van der Waals surface area contributed by atoms with Gasteiger partial charge in [0.25, 0.3) is 0 Å². The lowest BCUT2D eigenvalue weighted by Gasteiger charge is -2.20. The largest absolute Gasteiger partial charge is 0.507 e. The van der Waals surface area contributed by atoms with E-state index >= 15 is 0 Å². The van der Waals surface area contributed by atoms with Gasteiger partial charge in [0.15, 0.2) is 0 Å². The average Bonchev–Trinajstić information content (AvgIpc) is 2.84. The van der Waals surface area contributed by atoms with Gasteiger partial charge >= 0.3 is 0 Å². The predicted molar refractivity (Wildman–Crippen MR) is 75.9 cm³/mol. The molecule has 0 spiro atoms. The number of methoxy groups -OCH3 is 1.